The highest BCUT2D eigenvalue weighted by Crippen LogP contribution is 2.37. The zero-order valence-corrected chi connectivity index (χ0v) is 18.5. The van der Waals surface area contributed by atoms with Crippen LogP contribution in [0.15, 0.2) is 54.6 Å². The number of fused-ring (bicyclic) bond motifs is 1. The number of rotatable bonds is 3. The van der Waals surface area contributed by atoms with Crippen molar-refractivity contribution in [3.8, 4) is 0 Å². The minimum Gasteiger partial charge on any atom is -0.399 e. The van der Waals surface area contributed by atoms with Crippen molar-refractivity contribution >= 4 is 34.9 Å². The second kappa shape index (κ2) is 7.85. The van der Waals surface area contributed by atoms with Gasteiger partial charge in [-0.3, -0.25) is 4.79 Å². The van der Waals surface area contributed by atoms with Crippen LogP contribution in [0, 0.1) is 5.82 Å². The summed E-state index contributed by atoms with van der Waals surface area (Å²) in [6, 6.07) is 12.8. The Morgan fingerprint density at radius 1 is 0.939 bits per heavy atom. The van der Waals surface area contributed by atoms with E-state index in [0.29, 0.717) is 17.5 Å². The van der Waals surface area contributed by atoms with Crippen molar-refractivity contribution in [3.63, 3.8) is 0 Å². The summed E-state index contributed by atoms with van der Waals surface area (Å²) in [4.78, 5) is 12.8. The van der Waals surface area contributed by atoms with E-state index in [4.69, 9.17) is 9.31 Å². The predicted molar refractivity (Wildman–Crippen MR) is 119 cm³/mol. The Morgan fingerprint density at radius 3 is 2.24 bits per heavy atom. The topological polar surface area (TPSA) is 47.6 Å². The molecule has 0 aliphatic carbocycles. The van der Waals surface area contributed by atoms with Crippen LogP contribution in [0.25, 0.3) is 10.8 Å². The van der Waals surface area contributed by atoms with Crippen LogP contribution in [0.1, 0.15) is 43.6 Å². The Balaban J connectivity index is 1.63. The summed E-state index contributed by atoms with van der Waals surface area (Å²) >= 11 is 0. The lowest BCUT2D eigenvalue weighted by Crippen LogP contribution is -2.41. The Morgan fingerprint density at radius 2 is 1.61 bits per heavy atom. The first-order valence-electron chi connectivity index (χ1n) is 10.3. The molecule has 0 saturated carbocycles. The summed E-state index contributed by atoms with van der Waals surface area (Å²) in [6.07, 6.45) is -4.87. The van der Waals surface area contributed by atoms with E-state index in [1.807, 2.05) is 39.8 Å². The van der Waals surface area contributed by atoms with Gasteiger partial charge in [-0.2, -0.15) is 13.2 Å². The molecule has 4 nitrogen and oxygen atoms in total. The molecule has 1 aliphatic rings. The van der Waals surface area contributed by atoms with Crippen LogP contribution < -0.4 is 10.8 Å². The molecule has 33 heavy (non-hydrogen) atoms. The van der Waals surface area contributed by atoms with E-state index >= 15 is 0 Å². The first kappa shape index (κ1) is 23.3. The minimum atomic E-state index is -4.87. The number of halogens is 4. The monoisotopic (exact) mass is 459 g/mol. The van der Waals surface area contributed by atoms with Crippen LogP contribution in [-0.2, 0) is 15.5 Å². The van der Waals surface area contributed by atoms with Crippen LogP contribution in [0.3, 0.4) is 0 Å². The molecular formula is C24H22BF4NO3. The van der Waals surface area contributed by atoms with Crippen LogP contribution in [0.2, 0.25) is 0 Å². The number of alkyl halides is 3. The normalized spacial score (nSPS) is 17.4. The first-order chi connectivity index (χ1) is 15.3. The lowest BCUT2D eigenvalue weighted by molar-refractivity contribution is -0.139. The molecule has 1 saturated heterocycles. The minimum absolute atomic E-state index is 0.153. The van der Waals surface area contributed by atoms with Gasteiger partial charge in [-0.05, 0) is 68.2 Å². The smallest absolute Gasteiger partial charge is 0.399 e. The van der Waals surface area contributed by atoms with Crippen LogP contribution >= 0.6 is 0 Å². The van der Waals surface area contributed by atoms with Crippen molar-refractivity contribution in [2.24, 2.45) is 0 Å². The van der Waals surface area contributed by atoms with Gasteiger partial charge in [-0.1, -0.05) is 30.3 Å². The fourth-order valence-electron chi connectivity index (χ4n) is 3.64. The molecule has 0 bridgehead atoms. The van der Waals surface area contributed by atoms with Gasteiger partial charge in [0, 0.05) is 11.3 Å². The lowest BCUT2D eigenvalue weighted by atomic mass is 9.78. The molecule has 0 aromatic heterocycles. The van der Waals surface area contributed by atoms with Crippen molar-refractivity contribution in [2.75, 3.05) is 5.32 Å². The van der Waals surface area contributed by atoms with Crippen molar-refractivity contribution in [1.29, 1.82) is 0 Å². The fourth-order valence-corrected chi connectivity index (χ4v) is 3.64. The molecule has 0 unspecified atom stereocenters. The molecule has 1 heterocycles. The van der Waals surface area contributed by atoms with Gasteiger partial charge in [-0.15, -0.1) is 0 Å². The van der Waals surface area contributed by atoms with E-state index in [1.54, 1.807) is 24.3 Å². The maximum absolute atomic E-state index is 13.5. The summed E-state index contributed by atoms with van der Waals surface area (Å²) in [5.41, 5.74) is -1.54. The van der Waals surface area contributed by atoms with Gasteiger partial charge in [0.1, 0.15) is 5.82 Å². The second-order valence-electron chi connectivity index (χ2n) is 9.02. The predicted octanol–water partition coefficient (Wildman–Crippen LogP) is 5.55. The second-order valence-corrected chi connectivity index (χ2v) is 9.02. The molecule has 9 heteroatoms. The average molecular weight is 459 g/mol. The van der Waals surface area contributed by atoms with Gasteiger partial charge in [0.15, 0.2) is 0 Å². The quantitative estimate of drug-likeness (QED) is 0.413. The van der Waals surface area contributed by atoms with Crippen molar-refractivity contribution in [1.82, 2.24) is 0 Å². The van der Waals surface area contributed by atoms with Gasteiger partial charge < -0.3 is 14.6 Å². The molecular weight excluding hydrogens is 437 g/mol. The Bertz CT molecular complexity index is 1220. The third-order valence-corrected chi connectivity index (χ3v) is 6.20. The molecule has 0 spiro atoms. The number of nitrogens with one attached hydrogen (secondary N) is 1. The van der Waals surface area contributed by atoms with Crippen LogP contribution in [-0.4, -0.2) is 24.2 Å². The Hall–Kier alpha value is -2.91. The highest BCUT2D eigenvalue weighted by molar-refractivity contribution is 6.62. The number of amides is 1. The molecule has 1 N–H and O–H groups in total. The average Bonchev–Trinajstić information content (AvgIpc) is 2.94. The molecule has 1 aliphatic heterocycles. The molecule has 0 atom stereocenters. The maximum atomic E-state index is 13.5. The number of anilines is 1. The zero-order chi connectivity index (χ0) is 24.2. The lowest BCUT2D eigenvalue weighted by Gasteiger charge is -2.32. The summed E-state index contributed by atoms with van der Waals surface area (Å²) in [7, 11) is -0.572. The van der Waals surface area contributed by atoms with Crippen molar-refractivity contribution in [3.05, 3.63) is 71.5 Å². The summed E-state index contributed by atoms with van der Waals surface area (Å²) in [5, 5.41) is 3.77. The van der Waals surface area contributed by atoms with E-state index < -0.39 is 41.8 Å². The number of hydrogen-bond donors (Lipinski definition) is 1. The van der Waals surface area contributed by atoms with E-state index in [9.17, 15) is 22.4 Å². The van der Waals surface area contributed by atoms with E-state index in [0.717, 1.165) is 16.9 Å². The molecule has 0 radical (unpaired) electrons. The van der Waals surface area contributed by atoms with E-state index in [2.05, 4.69) is 5.32 Å². The third kappa shape index (κ3) is 4.35. The highest BCUT2D eigenvalue weighted by atomic mass is 19.4. The van der Waals surface area contributed by atoms with Crippen molar-refractivity contribution in [2.45, 2.75) is 45.1 Å². The molecule has 4 rings (SSSR count). The number of carbonyl (C=O) groups excluding carboxylic acids is 1. The van der Waals surface area contributed by atoms with E-state index in [1.165, 1.54) is 0 Å². The van der Waals surface area contributed by atoms with Crippen LogP contribution in [0.4, 0.5) is 23.2 Å². The van der Waals surface area contributed by atoms with Gasteiger partial charge in [0.05, 0.1) is 16.8 Å². The molecule has 3 aromatic carbocycles. The van der Waals surface area contributed by atoms with Gasteiger partial charge in [0.2, 0.25) is 0 Å². The largest absolute Gasteiger partial charge is 0.494 e. The highest BCUT2D eigenvalue weighted by Gasteiger charge is 2.51. The van der Waals surface area contributed by atoms with Gasteiger partial charge in [-0.25, -0.2) is 4.39 Å². The number of carbonyl (C=O) groups is 1. The maximum Gasteiger partial charge on any atom is 0.494 e. The molecule has 1 amide bonds. The summed E-state index contributed by atoms with van der Waals surface area (Å²) < 4.78 is 64.7. The molecule has 3 aromatic rings. The number of benzene rings is 3. The first-order valence-corrected chi connectivity index (χ1v) is 10.3. The zero-order valence-electron chi connectivity index (χ0n) is 18.5. The number of hydrogen-bond acceptors (Lipinski definition) is 3. The van der Waals surface area contributed by atoms with E-state index in [-0.39, 0.29) is 11.3 Å². The summed E-state index contributed by atoms with van der Waals surface area (Å²) in [6.45, 7) is 7.82. The van der Waals surface area contributed by atoms with Gasteiger partial charge >= 0.3 is 13.3 Å². The standard InChI is InChI=1S/C24H22BF4NO3/c1-22(2)23(3,4)33-25(32-22)15-8-10-17-14(12-15)6-5-7-18(17)21(31)30-16-9-11-20(26)19(13-16)24(27,28)29/h5-13H,1-4H3,(H,30,31). The molecule has 172 valence electrons. The van der Waals surface area contributed by atoms with Crippen molar-refractivity contribution < 1.29 is 31.7 Å². The van der Waals surface area contributed by atoms with Gasteiger partial charge in [0.25, 0.3) is 5.91 Å². The Labute approximate surface area is 189 Å². The Kier molecular flexibility index (Phi) is 5.53. The fraction of sp³-hybridized carbons (Fsp3) is 0.292. The molecule has 1 fully saturated rings. The SMILES string of the molecule is CC1(C)OB(c2ccc3c(C(=O)Nc4ccc(F)c(C(F)(F)F)c4)cccc3c2)OC1(C)C. The third-order valence-electron chi connectivity index (χ3n) is 6.20. The summed E-state index contributed by atoms with van der Waals surface area (Å²) in [5.74, 6) is -2.01. The van der Waals surface area contributed by atoms with Crippen LogP contribution in [0.5, 0.6) is 0 Å².